The van der Waals surface area contributed by atoms with Crippen molar-refractivity contribution in [1.82, 2.24) is 10.6 Å². The number of hydrogen-bond acceptors (Lipinski definition) is 4. The molecule has 0 spiro atoms. The van der Waals surface area contributed by atoms with Gasteiger partial charge in [-0.2, -0.15) is 0 Å². The van der Waals surface area contributed by atoms with Crippen LogP contribution in [0.25, 0.3) is 0 Å². The average Bonchev–Trinajstić information content (AvgIpc) is 3.05. The number of thiocarbonyl (C=S) groups is 1. The third-order valence-corrected chi connectivity index (χ3v) is 4.26. The summed E-state index contributed by atoms with van der Waals surface area (Å²) in [5, 5.41) is 6.00. The Hall–Kier alpha value is -1.18. The number of rotatable bonds is 6. The van der Waals surface area contributed by atoms with E-state index in [1.165, 1.54) is 0 Å². The average molecular weight is 401 g/mol. The molecule has 1 aromatic rings. The molecule has 1 aromatic carbocycles. The van der Waals surface area contributed by atoms with Crippen LogP contribution in [0.3, 0.4) is 0 Å². The highest BCUT2D eigenvalue weighted by atomic mass is 79.9. The van der Waals surface area contributed by atoms with Gasteiger partial charge in [0.15, 0.2) is 5.11 Å². The highest BCUT2D eigenvalue weighted by Crippen LogP contribution is 2.26. The number of halogens is 1. The minimum atomic E-state index is -0.252. The zero-order chi connectivity index (χ0) is 16.7. The van der Waals surface area contributed by atoms with Gasteiger partial charge in [0.2, 0.25) is 0 Å². The highest BCUT2D eigenvalue weighted by Gasteiger charge is 2.16. The summed E-state index contributed by atoms with van der Waals surface area (Å²) in [7, 11) is 0. The second-order valence-electron chi connectivity index (χ2n) is 5.29. The van der Waals surface area contributed by atoms with Gasteiger partial charge in [-0.1, -0.05) is 6.92 Å². The van der Waals surface area contributed by atoms with Crippen LogP contribution in [0.15, 0.2) is 22.7 Å². The molecule has 5 nitrogen and oxygen atoms in total. The first-order valence-corrected chi connectivity index (χ1v) is 8.93. The number of carbonyl (C=O) groups is 1. The molecule has 1 amide bonds. The van der Waals surface area contributed by atoms with Gasteiger partial charge in [-0.15, -0.1) is 0 Å². The second kappa shape index (κ2) is 9.20. The van der Waals surface area contributed by atoms with Crippen molar-refractivity contribution in [3.8, 4) is 5.75 Å². The van der Waals surface area contributed by atoms with Gasteiger partial charge in [0, 0.05) is 18.7 Å². The van der Waals surface area contributed by atoms with Crippen molar-refractivity contribution in [3.05, 3.63) is 28.2 Å². The van der Waals surface area contributed by atoms with Crippen molar-refractivity contribution in [3.63, 3.8) is 0 Å². The van der Waals surface area contributed by atoms with Crippen LogP contribution in [0, 0.1) is 0 Å². The van der Waals surface area contributed by atoms with E-state index in [-0.39, 0.29) is 12.0 Å². The topological polar surface area (TPSA) is 59.6 Å². The Bertz CT molecular complexity index is 562. The number of benzene rings is 1. The molecule has 0 saturated carbocycles. The maximum Gasteiger partial charge on any atom is 0.257 e. The molecular weight excluding hydrogens is 380 g/mol. The fourth-order valence-corrected chi connectivity index (χ4v) is 2.87. The fourth-order valence-electron chi connectivity index (χ4n) is 2.20. The van der Waals surface area contributed by atoms with Crippen LogP contribution in [0.4, 0.5) is 0 Å². The van der Waals surface area contributed by atoms with E-state index in [9.17, 15) is 4.79 Å². The summed E-state index contributed by atoms with van der Waals surface area (Å²) in [5.41, 5.74) is 0.516. The monoisotopic (exact) mass is 400 g/mol. The molecule has 1 saturated heterocycles. The van der Waals surface area contributed by atoms with Crippen LogP contribution in [0.1, 0.15) is 36.5 Å². The van der Waals surface area contributed by atoms with Gasteiger partial charge in [0.1, 0.15) is 5.75 Å². The quantitative estimate of drug-likeness (QED) is 0.718. The minimum Gasteiger partial charge on any atom is -0.492 e. The number of hydrogen-bond donors (Lipinski definition) is 2. The van der Waals surface area contributed by atoms with Crippen molar-refractivity contribution >= 4 is 39.2 Å². The summed E-state index contributed by atoms with van der Waals surface area (Å²) in [6.07, 6.45) is 3.20. The Kier molecular flexibility index (Phi) is 7.26. The first-order valence-electron chi connectivity index (χ1n) is 7.73. The van der Waals surface area contributed by atoms with Crippen molar-refractivity contribution in [2.24, 2.45) is 0 Å². The summed E-state index contributed by atoms with van der Waals surface area (Å²) in [4.78, 5) is 12.2. The lowest BCUT2D eigenvalue weighted by atomic mass is 10.2. The van der Waals surface area contributed by atoms with Crippen molar-refractivity contribution < 1.29 is 14.3 Å². The summed E-state index contributed by atoms with van der Waals surface area (Å²) < 4.78 is 11.8. The third kappa shape index (κ3) is 5.75. The third-order valence-electron chi connectivity index (χ3n) is 3.40. The molecule has 1 unspecified atom stereocenters. The van der Waals surface area contributed by atoms with E-state index in [0.717, 1.165) is 36.1 Å². The van der Waals surface area contributed by atoms with E-state index in [1.54, 1.807) is 18.2 Å². The Balaban J connectivity index is 1.84. The SMILES string of the molecule is CCCOc1ccc(C(=O)NC(=S)NCC2CCCO2)cc1Br. The van der Waals surface area contributed by atoms with E-state index in [0.29, 0.717) is 23.8 Å². The standard InChI is InChI=1S/C16H21BrN2O3S/c1-2-7-22-14-6-5-11(9-13(14)17)15(20)19-16(23)18-10-12-4-3-8-21-12/h5-6,9,12H,2-4,7-8,10H2,1H3,(H2,18,19,20,23). The molecule has 2 rings (SSSR count). The Morgan fingerprint density at radius 1 is 1.52 bits per heavy atom. The van der Waals surface area contributed by atoms with Crippen molar-refractivity contribution in [2.75, 3.05) is 19.8 Å². The first-order chi connectivity index (χ1) is 11.1. The Morgan fingerprint density at radius 3 is 3.00 bits per heavy atom. The molecule has 23 heavy (non-hydrogen) atoms. The lowest BCUT2D eigenvalue weighted by molar-refractivity contribution is 0.0973. The largest absolute Gasteiger partial charge is 0.492 e. The Morgan fingerprint density at radius 2 is 2.35 bits per heavy atom. The van der Waals surface area contributed by atoms with Crippen LogP contribution < -0.4 is 15.4 Å². The molecule has 2 N–H and O–H groups in total. The molecule has 126 valence electrons. The number of nitrogens with one attached hydrogen (secondary N) is 2. The molecule has 1 fully saturated rings. The summed E-state index contributed by atoms with van der Waals surface area (Å²) in [5.74, 6) is 0.472. The molecule has 0 bridgehead atoms. The van der Waals surface area contributed by atoms with Gasteiger partial charge in [-0.25, -0.2) is 0 Å². The molecule has 1 atom stereocenters. The van der Waals surface area contributed by atoms with Crippen LogP contribution >= 0.6 is 28.1 Å². The number of amides is 1. The van der Waals surface area contributed by atoms with E-state index in [2.05, 4.69) is 26.6 Å². The van der Waals surface area contributed by atoms with Gasteiger partial charge >= 0.3 is 0 Å². The number of carbonyl (C=O) groups excluding carboxylic acids is 1. The van der Waals surface area contributed by atoms with Gasteiger partial charge in [0.25, 0.3) is 5.91 Å². The Labute approximate surface area is 150 Å². The number of ether oxygens (including phenoxy) is 2. The molecular formula is C16H21BrN2O3S. The predicted molar refractivity (Wildman–Crippen MR) is 97.0 cm³/mol. The summed E-state index contributed by atoms with van der Waals surface area (Å²) in [6, 6.07) is 5.22. The van der Waals surface area contributed by atoms with Gasteiger partial charge in [-0.05, 0) is 65.6 Å². The van der Waals surface area contributed by atoms with Crippen molar-refractivity contribution in [2.45, 2.75) is 32.3 Å². The lowest BCUT2D eigenvalue weighted by Crippen LogP contribution is -2.42. The molecule has 1 aliphatic heterocycles. The zero-order valence-corrected chi connectivity index (χ0v) is 15.5. The molecule has 0 radical (unpaired) electrons. The van der Waals surface area contributed by atoms with Crippen LogP contribution in [-0.4, -0.2) is 36.9 Å². The lowest BCUT2D eigenvalue weighted by Gasteiger charge is -2.14. The fraction of sp³-hybridized carbons (Fsp3) is 0.500. The van der Waals surface area contributed by atoms with E-state index in [1.807, 2.05) is 6.92 Å². The highest BCUT2D eigenvalue weighted by molar-refractivity contribution is 9.10. The maximum absolute atomic E-state index is 12.2. The normalized spacial score (nSPS) is 16.9. The van der Waals surface area contributed by atoms with E-state index in [4.69, 9.17) is 21.7 Å². The van der Waals surface area contributed by atoms with Gasteiger partial charge in [-0.3, -0.25) is 10.1 Å². The summed E-state index contributed by atoms with van der Waals surface area (Å²) in [6.45, 7) is 4.10. The minimum absolute atomic E-state index is 0.175. The zero-order valence-electron chi connectivity index (χ0n) is 13.1. The van der Waals surface area contributed by atoms with E-state index < -0.39 is 0 Å². The smallest absolute Gasteiger partial charge is 0.257 e. The second-order valence-corrected chi connectivity index (χ2v) is 6.56. The van der Waals surface area contributed by atoms with Crippen LogP contribution in [0.5, 0.6) is 5.75 Å². The van der Waals surface area contributed by atoms with E-state index >= 15 is 0 Å². The molecule has 0 aliphatic carbocycles. The molecule has 1 heterocycles. The van der Waals surface area contributed by atoms with Gasteiger partial charge < -0.3 is 14.8 Å². The predicted octanol–water partition coefficient (Wildman–Crippen LogP) is 3.02. The molecule has 7 heteroatoms. The van der Waals surface area contributed by atoms with Crippen LogP contribution in [0.2, 0.25) is 0 Å². The maximum atomic E-state index is 12.2. The summed E-state index contributed by atoms with van der Waals surface area (Å²) >= 11 is 8.56. The molecule has 0 aromatic heterocycles. The van der Waals surface area contributed by atoms with Crippen molar-refractivity contribution in [1.29, 1.82) is 0 Å². The molecule has 1 aliphatic rings. The first kappa shape index (κ1) is 18.2. The van der Waals surface area contributed by atoms with Crippen LogP contribution in [-0.2, 0) is 4.74 Å². The van der Waals surface area contributed by atoms with Gasteiger partial charge in [0.05, 0.1) is 17.2 Å².